The van der Waals surface area contributed by atoms with Crippen LogP contribution in [-0.2, 0) is 11.2 Å². The number of aromatic nitrogens is 1. The van der Waals surface area contributed by atoms with E-state index in [4.69, 9.17) is 4.74 Å². The van der Waals surface area contributed by atoms with Crippen LogP contribution in [0.4, 0.5) is 27.7 Å². The number of hydrogen-bond donors (Lipinski definition) is 3. The summed E-state index contributed by atoms with van der Waals surface area (Å²) in [6.07, 6.45) is 0.140. The van der Waals surface area contributed by atoms with Crippen LogP contribution in [-0.4, -0.2) is 43.2 Å². The number of rotatable bonds is 8. The van der Waals surface area contributed by atoms with Crippen molar-refractivity contribution < 1.29 is 14.3 Å². The van der Waals surface area contributed by atoms with Crippen LogP contribution < -0.4 is 20.9 Å². The lowest BCUT2D eigenvalue weighted by atomic mass is 10.1. The molecule has 3 rings (SSSR count). The molecule has 3 aromatic rings. The van der Waals surface area contributed by atoms with Crippen molar-refractivity contribution in [1.29, 1.82) is 0 Å². The number of aryl methyl sites for hydroxylation is 1. The zero-order valence-corrected chi connectivity index (χ0v) is 21.8. The Labute approximate surface area is 213 Å². The second-order valence-corrected chi connectivity index (χ2v) is 9.76. The Morgan fingerprint density at radius 3 is 2.31 bits per heavy atom. The Hall–Kier alpha value is -4.07. The van der Waals surface area contributed by atoms with Crippen LogP contribution >= 0.6 is 0 Å². The number of benzene rings is 2. The summed E-state index contributed by atoms with van der Waals surface area (Å²) in [4.78, 5) is 31.2. The van der Waals surface area contributed by atoms with Crippen molar-refractivity contribution in [1.82, 2.24) is 4.98 Å². The Kier molecular flexibility index (Phi) is 8.53. The van der Waals surface area contributed by atoms with Crippen LogP contribution in [0.25, 0.3) is 0 Å². The molecule has 0 atom stereocenters. The predicted octanol–water partition coefficient (Wildman–Crippen LogP) is 5.71. The number of hydrogen-bond acceptors (Lipinski definition) is 6. The third-order valence-electron chi connectivity index (χ3n) is 5.17. The molecule has 0 saturated carbocycles. The van der Waals surface area contributed by atoms with Crippen molar-refractivity contribution in [3.63, 3.8) is 0 Å². The topological polar surface area (TPSA) is 95.6 Å². The molecule has 0 fully saturated rings. The minimum absolute atomic E-state index is 0.148. The molecule has 8 nitrogen and oxygen atoms in total. The normalized spacial score (nSPS) is 10.9. The highest BCUT2D eigenvalue weighted by Gasteiger charge is 2.17. The first-order valence-electron chi connectivity index (χ1n) is 11.9. The average Bonchev–Trinajstić information content (AvgIpc) is 2.79. The van der Waals surface area contributed by atoms with Gasteiger partial charge in [0.05, 0.1) is 5.56 Å². The third-order valence-corrected chi connectivity index (χ3v) is 5.17. The molecule has 8 heteroatoms. The van der Waals surface area contributed by atoms with E-state index >= 15 is 0 Å². The molecule has 2 amide bonds. The molecule has 0 radical (unpaired) electrons. The van der Waals surface area contributed by atoms with Crippen LogP contribution in [0, 0.1) is 6.92 Å². The van der Waals surface area contributed by atoms with Gasteiger partial charge in [-0.15, -0.1) is 0 Å². The molecule has 0 bridgehead atoms. The molecular formula is C28H35N5O3. The molecule has 0 saturated heterocycles. The molecule has 0 aliphatic rings. The smallest absolute Gasteiger partial charge is 0.413 e. The molecule has 2 aromatic carbocycles. The fraction of sp³-hybridized carbons (Fsp3) is 0.321. The van der Waals surface area contributed by atoms with Gasteiger partial charge in [-0.1, -0.05) is 12.1 Å². The van der Waals surface area contributed by atoms with E-state index in [1.807, 2.05) is 101 Å². The molecule has 36 heavy (non-hydrogen) atoms. The number of amides is 2. The number of carbonyl (C=O) groups is 2. The van der Waals surface area contributed by atoms with Gasteiger partial charge in [0, 0.05) is 49.8 Å². The zero-order valence-electron chi connectivity index (χ0n) is 21.8. The Morgan fingerprint density at radius 2 is 1.64 bits per heavy atom. The van der Waals surface area contributed by atoms with Crippen molar-refractivity contribution in [2.75, 3.05) is 41.5 Å². The maximum absolute atomic E-state index is 12.8. The van der Waals surface area contributed by atoms with E-state index in [0.29, 0.717) is 24.3 Å². The number of carbonyl (C=O) groups excluding carboxylic acids is 2. The van der Waals surface area contributed by atoms with E-state index in [2.05, 4.69) is 20.9 Å². The molecule has 3 N–H and O–H groups in total. The number of nitrogens with one attached hydrogen (secondary N) is 3. The van der Waals surface area contributed by atoms with Crippen molar-refractivity contribution in [2.24, 2.45) is 0 Å². The van der Waals surface area contributed by atoms with Gasteiger partial charge >= 0.3 is 6.09 Å². The highest BCUT2D eigenvalue weighted by molar-refractivity contribution is 6.08. The summed E-state index contributed by atoms with van der Waals surface area (Å²) in [7, 11) is 3.85. The summed E-state index contributed by atoms with van der Waals surface area (Å²) >= 11 is 0. The fourth-order valence-electron chi connectivity index (χ4n) is 3.51. The van der Waals surface area contributed by atoms with Gasteiger partial charge in [-0.2, -0.15) is 0 Å². The van der Waals surface area contributed by atoms with Crippen molar-refractivity contribution in [2.45, 2.75) is 39.7 Å². The summed E-state index contributed by atoms with van der Waals surface area (Å²) < 4.78 is 5.27. The SMILES string of the molecule is Cc1ccc(C(=O)Nc2ccc(NCCc3cccc(NC(=O)OC(C)(C)C)n3)cc2)c(N(C)C)c1. The fourth-order valence-corrected chi connectivity index (χ4v) is 3.51. The van der Waals surface area contributed by atoms with E-state index in [1.54, 1.807) is 6.07 Å². The minimum Gasteiger partial charge on any atom is -0.444 e. The van der Waals surface area contributed by atoms with Crippen LogP contribution in [0.3, 0.4) is 0 Å². The lowest BCUT2D eigenvalue weighted by molar-refractivity contribution is 0.0635. The first-order chi connectivity index (χ1) is 17.0. The molecule has 0 spiro atoms. The van der Waals surface area contributed by atoms with Gasteiger partial charge in [0.1, 0.15) is 11.4 Å². The molecule has 1 heterocycles. The second kappa shape index (κ2) is 11.6. The van der Waals surface area contributed by atoms with Gasteiger partial charge in [0.15, 0.2) is 0 Å². The first-order valence-corrected chi connectivity index (χ1v) is 11.9. The van der Waals surface area contributed by atoms with Gasteiger partial charge in [0.25, 0.3) is 5.91 Å². The quantitative estimate of drug-likeness (QED) is 0.375. The molecule has 1 aromatic heterocycles. The average molecular weight is 490 g/mol. The lowest BCUT2D eigenvalue weighted by Gasteiger charge is -2.19. The van der Waals surface area contributed by atoms with Gasteiger partial charge < -0.3 is 20.3 Å². The predicted molar refractivity (Wildman–Crippen MR) is 146 cm³/mol. The molecule has 0 aliphatic carbocycles. The number of ether oxygens (including phenoxy) is 1. The van der Waals surface area contributed by atoms with E-state index in [1.165, 1.54) is 0 Å². The minimum atomic E-state index is -0.570. The van der Waals surface area contributed by atoms with Gasteiger partial charge in [-0.25, -0.2) is 9.78 Å². The van der Waals surface area contributed by atoms with E-state index in [0.717, 1.165) is 28.3 Å². The lowest BCUT2D eigenvalue weighted by Crippen LogP contribution is -2.27. The largest absolute Gasteiger partial charge is 0.444 e. The Bertz CT molecular complexity index is 1200. The molecule has 190 valence electrons. The van der Waals surface area contributed by atoms with Gasteiger partial charge in [-0.3, -0.25) is 10.1 Å². The summed E-state index contributed by atoms with van der Waals surface area (Å²) in [6.45, 7) is 8.10. The summed E-state index contributed by atoms with van der Waals surface area (Å²) in [6, 6.07) is 18.9. The standard InChI is InChI=1S/C28H35N5O3/c1-19-10-15-23(24(18-19)33(5)6)26(34)31-22-13-11-20(12-14-22)29-17-16-21-8-7-9-25(30-21)32-27(35)36-28(2,3)4/h7-15,18,29H,16-17H2,1-6H3,(H,31,34)(H,30,32,35). The summed E-state index contributed by atoms with van der Waals surface area (Å²) in [5.41, 5.74) is 4.54. The van der Waals surface area contributed by atoms with Crippen molar-refractivity contribution in [3.8, 4) is 0 Å². The first kappa shape index (κ1) is 26.5. The van der Waals surface area contributed by atoms with Crippen LogP contribution in [0.15, 0.2) is 60.7 Å². The van der Waals surface area contributed by atoms with E-state index < -0.39 is 11.7 Å². The zero-order chi connectivity index (χ0) is 26.3. The van der Waals surface area contributed by atoms with Gasteiger partial charge in [0.2, 0.25) is 0 Å². The summed E-state index contributed by atoms with van der Waals surface area (Å²) in [5, 5.41) is 8.99. The number of anilines is 4. The molecule has 0 unspecified atom stereocenters. The molecule has 0 aliphatic heterocycles. The molecular weight excluding hydrogens is 454 g/mol. The van der Waals surface area contributed by atoms with E-state index in [9.17, 15) is 9.59 Å². The van der Waals surface area contributed by atoms with Crippen LogP contribution in [0.5, 0.6) is 0 Å². The summed E-state index contributed by atoms with van der Waals surface area (Å²) in [5.74, 6) is 0.304. The monoisotopic (exact) mass is 489 g/mol. The highest BCUT2D eigenvalue weighted by Crippen LogP contribution is 2.22. The van der Waals surface area contributed by atoms with Crippen LogP contribution in [0.1, 0.15) is 42.4 Å². The highest BCUT2D eigenvalue weighted by atomic mass is 16.6. The maximum atomic E-state index is 12.8. The Balaban J connectivity index is 1.52. The third kappa shape index (κ3) is 8.01. The van der Waals surface area contributed by atoms with Crippen LogP contribution in [0.2, 0.25) is 0 Å². The Morgan fingerprint density at radius 1 is 0.944 bits per heavy atom. The number of nitrogens with zero attached hydrogens (tertiary/aromatic N) is 2. The maximum Gasteiger partial charge on any atom is 0.413 e. The van der Waals surface area contributed by atoms with E-state index in [-0.39, 0.29) is 5.91 Å². The second-order valence-electron chi connectivity index (χ2n) is 9.76. The van der Waals surface area contributed by atoms with Crippen molar-refractivity contribution in [3.05, 3.63) is 77.5 Å². The van der Waals surface area contributed by atoms with Gasteiger partial charge in [-0.05, 0) is 81.8 Å². The van der Waals surface area contributed by atoms with Crippen molar-refractivity contribution >= 4 is 34.9 Å². The number of pyridine rings is 1.